The summed E-state index contributed by atoms with van der Waals surface area (Å²) >= 11 is 0.949. The first kappa shape index (κ1) is 31.4. The molecule has 2 rings (SSSR count). The smallest absolute Gasteiger partial charge is 0.349 e. The standard InChI is InChI=1S/C24H30N4O10S/c1-13(29)27-20-18(35-14(2)30)11-24(23(33)34-5,39-17-9-7-6-8-10-17)38-22(20)21(37-16(4)32)19(12-26-28-25)36-15(3)31/h6-10,18-22H,11-12H2,1-5H3,(H,27,29)/t18?,19-,20?,21-,22?,24?/m1/s1. The monoisotopic (exact) mass is 566 g/mol. The Labute approximate surface area is 228 Å². The molecule has 1 amide bonds. The number of azide groups is 1. The van der Waals surface area contributed by atoms with E-state index < -0.39 is 71.7 Å². The Bertz CT molecular complexity index is 1110. The third kappa shape index (κ3) is 8.87. The summed E-state index contributed by atoms with van der Waals surface area (Å²) < 4.78 is 27.7. The number of hydrogen-bond donors (Lipinski definition) is 1. The zero-order valence-electron chi connectivity index (χ0n) is 22.0. The quantitative estimate of drug-likeness (QED) is 0.135. The number of ether oxygens (including phenoxy) is 5. The van der Waals surface area contributed by atoms with E-state index in [4.69, 9.17) is 29.2 Å². The van der Waals surface area contributed by atoms with Gasteiger partial charge in [-0.05, 0) is 17.7 Å². The molecule has 4 unspecified atom stereocenters. The predicted molar refractivity (Wildman–Crippen MR) is 135 cm³/mol. The van der Waals surface area contributed by atoms with Crippen molar-refractivity contribution >= 4 is 41.5 Å². The van der Waals surface area contributed by atoms with Crippen molar-refractivity contribution in [3.05, 3.63) is 40.8 Å². The molecule has 1 saturated heterocycles. The number of rotatable bonds is 11. The number of amides is 1. The third-order valence-electron chi connectivity index (χ3n) is 5.39. The molecule has 0 bridgehead atoms. The van der Waals surface area contributed by atoms with Crippen LogP contribution in [0.25, 0.3) is 10.4 Å². The Morgan fingerprint density at radius 1 is 1.10 bits per heavy atom. The molecular formula is C24H30N4O10S. The van der Waals surface area contributed by atoms with Crippen LogP contribution in [0.2, 0.25) is 0 Å². The number of benzene rings is 1. The number of carbonyl (C=O) groups is 5. The Morgan fingerprint density at radius 2 is 1.74 bits per heavy atom. The average Bonchev–Trinajstić information content (AvgIpc) is 2.85. The molecule has 0 spiro atoms. The summed E-state index contributed by atoms with van der Waals surface area (Å²) in [4.78, 5) is 63.2. The van der Waals surface area contributed by atoms with Gasteiger partial charge in [0.2, 0.25) is 10.8 Å². The molecular weight excluding hydrogens is 536 g/mol. The highest BCUT2D eigenvalue weighted by molar-refractivity contribution is 8.01. The largest absolute Gasteiger partial charge is 0.466 e. The number of nitrogens with zero attached hydrogens (tertiary/aromatic N) is 3. The van der Waals surface area contributed by atoms with E-state index in [1.165, 1.54) is 6.92 Å². The average molecular weight is 567 g/mol. The predicted octanol–water partition coefficient (Wildman–Crippen LogP) is 2.05. The Morgan fingerprint density at radius 3 is 2.26 bits per heavy atom. The molecule has 1 aromatic rings. The van der Waals surface area contributed by atoms with Gasteiger partial charge < -0.3 is 29.0 Å². The number of nitrogens with one attached hydrogen (secondary N) is 1. The lowest BCUT2D eigenvalue weighted by Gasteiger charge is -2.48. The normalized spacial score (nSPS) is 23.7. The first-order valence-electron chi connectivity index (χ1n) is 11.7. The Balaban J connectivity index is 2.77. The van der Waals surface area contributed by atoms with Crippen molar-refractivity contribution in [3.8, 4) is 0 Å². The van der Waals surface area contributed by atoms with Gasteiger partial charge >= 0.3 is 23.9 Å². The molecule has 212 valence electrons. The van der Waals surface area contributed by atoms with E-state index in [-0.39, 0.29) is 6.42 Å². The van der Waals surface area contributed by atoms with Crippen LogP contribution in [-0.2, 0) is 47.7 Å². The van der Waals surface area contributed by atoms with E-state index in [9.17, 15) is 24.0 Å². The van der Waals surface area contributed by atoms with Gasteiger partial charge in [0.05, 0.1) is 19.7 Å². The van der Waals surface area contributed by atoms with Gasteiger partial charge in [-0.3, -0.25) is 19.2 Å². The first-order chi connectivity index (χ1) is 18.4. The molecule has 1 fully saturated rings. The summed E-state index contributed by atoms with van der Waals surface area (Å²) in [5.74, 6) is -3.79. The summed E-state index contributed by atoms with van der Waals surface area (Å²) in [5.41, 5.74) is 8.89. The SMILES string of the molecule is COC(=O)C1(Sc2ccccc2)CC(OC(C)=O)C(NC(C)=O)C([C@H](OC(C)=O)[C@@H](CN=[N+]=[N-])OC(C)=O)O1. The lowest BCUT2D eigenvalue weighted by molar-refractivity contribution is -0.220. The van der Waals surface area contributed by atoms with E-state index in [1.54, 1.807) is 30.3 Å². The molecule has 1 aliphatic heterocycles. The van der Waals surface area contributed by atoms with E-state index in [1.807, 2.05) is 0 Å². The molecule has 14 nitrogen and oxygen atoms in total. The Hall–Kier alpha value is -3.81. The second kappa shape index (κ2) is 14.4. The second-order valence-electron chi connectivity index (χ2n) is 8.46. The molecule has 15 heteroatoms. The van der Waals surface area contributed by atoms with Gasteiger partial charge in [-0.15, -0.1) is 0 Å². The van der Waals surface area contributed by atoms with Crippen molar-refractivity contribution in [1.82, 2.24) is 5.32 Å². The number of methoxy groups -OCH3 is 1. The summed E-state index contributed by atoms with van der Waals surface area (Å²) in [6, 6.07) is 7.45. The van der Waals surface area contributed by atoms with Crippen LogP contribution in [0.1, 0.15) is 34.1 Å². The van der Waals surface area contributed by atoms with Crippen LogP contribution in [0, 0.1) is 0 Å². The molecule has 39 heavy (non-hydrogen) atoms. The van der Waals surface area contributed by atoms with Crippen molar-refractivity contribution < 1.29 is 47.7 Å². The molecule has 6 atom stereocenters. The minimum absolute atomic E-state index is 0.276. The van der Waals surface area contributed by atoms with Crippen molar-refractivity contribution in [2.45, 2.75) is 74.4 Å². The minimum atomic E-state index is -1.88. The first-order valence-corrected chi connectivity index (χ1v) is 12.5. The number of esters is 4. The molecule has 1 aliphatic rings. The maximum absolute atomic E-state index is 13.3. The summed E-state index contributed by atoms with van der Waals surface area (Å²) in [5, 5.41) is 6.07. The van der Waals surface area contributed by atoms with Crippen molar-refractivity contribution in [3.63, 3.8) is 0 Å². The van der Waals surface area contributed by atoms with Crippen molar-refractivity contribution in [2.75, 3.05) is 13.7 Å². The maximum Gasteiger partial charge on any atom is 0.349 e. The van der Waals surface area contributed by atoms with Crippen molar-refractivity contribution in [2.24, 2.45) is 5.11 Å². The number of carbonyl (C=O) groups excluding carboxylic acids is 5. The molecule has 1 heterocycles. The topological polar surface area (TPSA) is 192 Å². The third-order valence-corrected chi connectivity index (χ3v) is 6.66. The van der Waals surface area contributed by atoms with Crippen LogP contribution in [0.5, 0.6) is 0 Å². The molecule has 1 aromatic carbocycles. The van der Waals surface area contributed by atoms with Gasteiger partial charge in [-0.1, -0.05) is 35.1 Å². The van der Waals surface area contributed by atoms with Gasteiger partial charge in [0.25, 0.3) is 0 Å². The van der Waals surface area contributed by atoms with Crippen LogP contribution < -0.4 is 5.32 Å². The van der Waals surface area contributed by atoms with E-state index in [2.05, 4.69) is 15.3 Å². The summed E-state index contributed by atoms with van der Waals surface area (Å²) in [6.07, 6.45) is -5.88. The Kier molecular flexibility index (Phi) is 11.6. The zero-order valence-corrected chi connectivity index (χ0v) is 22.8. The summed E-state index contributed by atoms with van der Waals surface area (Å²) in [6.45, 7) is 4.03. The molecule has 0 saturated carbocycles. The zero-order chi connectivity index (χ0) is 29.2. The molecule has 0 aromatic heterocycles. The molecule has 0 radical (unpaired) electrons. The fourth-order valence-corrected chi connectivity index (χ4v) is 5.36. The fraction of sp³-hybridized carbons (Fsp3) is 0.542. The number of hydrogen-bond acceptors (Lipinski definition) is 12. The van der Waals surface area contributed by atoms with E-state index >= 15 is 0 Å². The summed E-state index contributed by atoms with van der Waals surface area (Å²) in [7, 11) is 1.14. The maximum atomic E-state index is 13.3. The van der Waals surface area contributed by atoms with Crippen LogP contribution >= 0.6 is 11.8 Å². The fourth-order valence-electron chi connectivity index (χ4n) is 4.11. The van der Waals surface area contributed by atoms with Gasteiger partial charge in [0, 0.05) is 43.9 Å². The molecule has 1 N–H and O–H groups in total. The van der Waals surface area contributed by atoms with Gasteiger partial charge in [0.1, 0.15) is 18.3 Å². The lowest BCUT2D eigenvalue weighted by Crippen LogP contribution is -2.67. The van der Waals surface area contributed by atoms with Gasteiger partial charge in [-0.2, -0.15) is 0 Å². The minimum Gasteiger partial charge on any atom is -0.466 e. The lowest BCUT2D eigenvalue weighted by atomic mass is 9.89. The van der Waals surface area contributed by atoms with Crippen LogP contribution in [-0.4, -0.2) is 78.8 Å². The van der Waals surface area contributed by atoms with Crippen LogP contribution in [0.3, 0.4) is 0 Å². The van der Waals surface area contributed by atoms with Gasteiger partial charge in [0.15, 0.2) is 6.10 Å². The van der Waals surface area contributed by atoms with E-state index in [0.717, 1.165) is 39.6 Å². The van der Waals surface area contributed by atoms with Crippen LogP contribution in [0.15, 0.2) is 40.3 Å². The van der Waals surface area contributed by atoms with Gasteiger partial charge in [-0.25, -0.2) is 4.79 Å². The van der Waals surface area contributed by atoms with Crippen molar-refractivity contribution in [1.29, 1.82) is 0 Å². The highest BCUT2D eigenvalue weighted by atomic mass is 32.2. The van der Waals surface area contributed by atoms with Crippen LogP contribution in [0.4, 0.5) is 0 Å². The second-order valence-corrected chi connectivity index (χ2v) is 9.79. The number of thioether (sulfide) groups is 1. The highest BCUT2D eigenvalue weighted by Crippen LogP contribution is 2.45. The van der Waals surface area contributed by atoms with E-state index in [0.29, 0.717) is 4.90 Å². The molecule has 0 aliphatic carbocycles. The highest BCUT2D eigenvalue weighted by Gasteiger charge is 2.58.